The van der Waals surface area contributed by atoms with Gasteiger partial charge in [0.1, 0.15) is 29.6 Å². The molecule has 0 bridgehead atoms. The topological polar surface area (TPSA) is 132 Å². The van der Waals surface area contributed by atoms with E-state index in [2.05, 4.69) is 170 Å². The minimum absolute atomic E-state index is 0.00758. The predicted octanol–water partition coefficient (Wildman–Crippen LogP) is 18.2. The van der Waals surface area contributed by atoms with Gasteiger partial charge in [0, 0.05) is 79.5 Å². The minimum Gasteiger partial charge on any atom is -0.508 e. The van der Waals surface area contributed by atoms with Gasteiger partial charge in [0.2, 0.25) is 5.69 Å². The fourth-order valence-electron chi connectivity index (χ4n) is 14.4. The van der Waals surface area contributed by atoms with Crippen molar-refractivity contribution in [1.82, 2.24) is 0 Å². The molecule has 1 aliphatic carbocycles. The lowest BCUT2D eigenvalue weighted by Crippen LogP contribution is -2.36. The summed E-state index contributed by atoms with van der Waals surface area (Å²) in [5.74, 6) is 1.95. The highest BCUT2D eigenvalue weighted by molar-refractivity contribution is 9.10. The van der Waals surface area contributed by atoms with Crippen molar-refractivity contribution in [2.75, 3.05) is 18.0 Å². The summed E-state index contributed by atoms with van der Waals surface area (Å²) in [6, 6.07) is 35.7. The number of rotatable bonds is 21. The second kappa shape index (κ2) is 28.6. The molecule has 5 heterocycles. The average molecular weight is 1340 g/mol. The maximum Gasteiger partial charge on any atom is 0.209 e. The van der Waals surface area contributed by atoms with Crippen molar-refractivity contribution < 1.29 is 53.1 Å². The molecule has 14 heteroatoms. The molecule has 10 unspecified atom stereocenters. The Labute approximate surface area is 544 Å². The molecule has 11 rings (SSSR count). The van der Waals surface area contributed by atoms with Crippen molar-refractivity contribution in [3.63, 3.8) is 0 Å². The summed E-state index contributed by atoms with van der Waals surface area (Å²) in [7, 11) is 0. The highest BCUT2D eigenvalue weighted by Gasteiger charge is 2.45. The van der Waals surface area contributed by atoms with Crippen LogP contribution in [0.2, 0.25) is 0 Å². The second-order valence-electron chi connectivity index (χ2n) is 26.2. The predicted molar refractivity (Wildman–Crippen MR) is 358 cm³/mol. The number of phenolic OH excluding ortho intramolecular Hbond substituents is 2. The molecule has 3 saturated heterocycles. The average Bonchev–Trinajstić information content (AvgIpc) is 1.65. The molecule has 5 aromatic carbocycles. The van der Waals surface area contributed by atoms with Gasteiger partial charge in [-0.2, -0.15) is 4.58 Å². The molecule has 474 valence electrons. The molecule has 5 aromatic rings. The Balaban J connectivity index is 0.770. The summed E-state index contributed by atoms with van der Waals surface area (Å²) < 4.78 is 51.1. The molecule has 0 saturated carbocycles. The van der Waals surface area contributed by atoms with E-state index in [4.69, 9.17) is 33.2 Å². The van der Waals surface area contributed by atoms with E-state index in [0.717, 1.165) is 126 Å². The lowest BCUT2D eigenvalue weighted by Gasteiger charge is -2.37. The molecule has 3 N–H and O–H groups in total. The van der Waals surface area contributed by atoms with Gasteiger partial charge < -0.3 is 53.4 Å². The Kier molecular flexibility index (Phi) is 21.0. The van der Waals surface area contributed by atoms with Crippen LogP contribution in [0.15, 0.2) is 165 Å². The van der Waals surface area contributed by atoms with Crippen LogP contribution in [-0.2, 0) is 39.3 Å². The van der Waals surface area contributed by atoms with E-state index in [1.165, 1.54) is 33.9 Å². The van der Waals surface area contributed by atoms with Crippen LogP contribution in [0, 0.1) is 0 Å². The van der Waals surface area contributed by atoms with Crippen LogP contribution in [0.5, 0.6) is 17.2 Å². The van der Waals surface area contributed by atoms with Gasteiger partial charge in [-0.1, -0.05) is 95.1 Å². The van der Waals surface area contributed by atoms with E-state index in [0.29, 0.717) is 25.0 Å². The van der Waals surface area contributed by atoms with Crippen LogP contribution in [0.1, 0.15) is 192 Å². The first-order valence-electron chi connectivity index (χ1n) is 32.7. The zero-order valence-electron chi connectivity index (χ0n) is 53.1. The highest BCUT2D eigenvalue weighted by atomic mass is 79.9. The smallest absolute Gasteiger partial charge is 0.209 e. The molecule has 0 aromatic heterocycles. The minimum atomic E-state index is -0.633. The zero-order valence-corrected chi connectivity index (χ0v) is 56.3. The van der Waals surface area contributed by atoms with Crippen molar-refractivity contribution in [1.29, 1.82) is 0 Å². The number of likely N-dealkylation sites (N-methyl/N-ethyl adjacent to an activating group) is 1. The number of nitrogens with zero attached hydrogens (tertiary/aromatic N) is 2. The van der Waals surface area contributed by atoms with Crippen molar-refractivity contribution >= 4 is 48.9 Å². The Morgan fingerprint density at radius 1 is 0.640 bits per heavy atom. The second-order valence-corrected chi connectivity index (χ2v) is 28.0. The Morgan fingerprint density at radius 3 is 1.90 bits per heavy atom. The first kappa shape index (κ1) is 65.1. The van der Waals surface area contributed by atoms with E-state index in [1.807, 2.05) is 36.4 Å². The zero-order chi connectivity index (χ0) is 62.6. The molecule has 5 aliphatic heterocycles. The SMILES string of the molecule is CCC1CC(CC(O)CCCC2CC(CCCC3CC(C)OC(c4cccc(O)c4)O3)OC(c3cccc(O)c3)O2)OC(c2cccc(OC3=C(/C=C/C4=[N+](CC)c5ccc(Br)cc5C4(C)C)CCC/C3=C\C=C3\N(CC)c4ccc(Br)cc4C3(C)C)c2)O1. The monoisotopic (exact) mass is 1340 g/mol. The summed E-state index contributed by atoms with van der Waals surface area (Å²) in [6.07, 6.45) is 17.5. The summed E-state index contributed by atoms with van der Waals surface area (Å²) in [5.41, 5.74) is 12.0. The van der Waals surface area contributed by atoms with Gasteiger partial charge in [-0.15, -0.1) is 0 Å². The summed E-state index contributed by atoms with van der Waals surface area (Å²) in [5, 5.41) is 32.3. The molecule has 0 spiro atoms. The van der Waals surface area contributed by atoms with E-state index in [-0.39, 0.29) is 59.0 Å². The Morgan fingerprint density at radius 2 is 1.24 bits per heavy atom. The van der Waals surface area contributed by atoms with Crippen molar-refractivity contribution in [2.45, 2.75) is 218 Å². The maximum absolute atomic E-state index is 11.8. The summed E-state index contributed by atoms with van der Waals surface area (Å²) >= 11 is 7.52. The van der Waals surface area contributed by atoms with Crippen molar-refractivity contribution in [3.05, 3.63) is 193 Å². The van der Waals surface area contributed by atoms with Gasteiger partial charge in [0.15, 0.2) is 24.6 Å². The molecule has 6 aliphatic rings. The number of hydrogen-bond donors (Lipinski definition) is 3. The van der Waals surface area contributed by atoms with Crippen LogP contribution in [-0.4, -0.2) is 81.4 Å². The van der Waals surface area contributed by atoms with Crippen LogP contribution < -0.4 is 9.64 Å². The number of allylic oxidation sites excluding steroid dienone is 7. The number of hydrogen-bond acceptors (Lipinski definition) is 11. The van der Waals surface area contributed by atoms with Crippen LogP contribution >= 0.6 is 31.9 Å². The quantitative estimate of drug-likeness (QED) is 0.0607. The first-order valence-corrected chi connectivity index (χ1v) is 34.3. The summed E-state index contributed by atoms with van der Waals surface area (Å²) in [4.78, 5) is 2.45. The molecule has 12 nitrogen and oxygen atoms in total. The standard InChI is InChI=1S/C75H90Br2N2O10/c1-9-58-45-63(44-57(82)25-16-27-61-46-62(88-72(87-61)51-21-14-24-56(81)40-51)29-17-28-59-38-47(4)83-71(86-59)50-20-13-23-55(80)39-50)89-73(85-58)52-22-15-26-60(41-52)84-70-48(30-36-68-74(5,6)64-42-53(76)32-34-66(64)78(68)10-2)18-12-19-49(70)31-37-69-75(7,8)65-43-54(77)33-35-67(65)79(69)11-3/h13-15,20-24,26,30-37,39-43,47,57-59,61-63,71-73,82H,9-12,16-19,25,27-29,38,44-46H2,1-8H3,(H-,80,81)/p+1. The molecular formula is C75H91Br2N2O10+. The fourth-order valence-corrected chi connectivity index (χ4v) is 15.1. The number of anilines is 1. The number of halogens is 2. The lowest BCUT2D eigenvalue weighted by atomic mass is 9.81. The molecule has 0 amide bonds. The normalized spacial score (nSPS) is 27.2. The van der Waals surface area contributed by atoms with E-state index in [9.17, 15) is 15.3 Å². The molecule has 89 heavy (non-hydrogen) atoms. The van der Waals surface area contributed by atoms with Gasteiger partial charge in [-0.05, 0) is 207 Å². The van der Waals surface area contributed by atoms with Crippen LogP contribution in [0.4, 0.5) is 11.4 Å². The number of phenols is 2. The number of ether oxygens (including phenoxy) is 7. The van der Waals surface area contributed by atoms with E-state index in [1.54, 1.807) is 24.3 Å². The first-order chi connectivity index (χ1) is 42.9. The van der Waals surface area contributed by atoms with E-state index >= 15 is 0 Å². The van der Waals surface area contributed by atoms with Crippen molar-refractivity contribution in [3.8, 4) is 17.2 Å². The van der Waals surface area contributed by atoms with Crippen LogP contribution in [0.25, 0.3) is 0 Å². The maximum atomic E-state index is 11.8. The molecule has 3 fully saturated rings. The number of benzene rings is 5. The number of aromatic hydroxyl groups is 2. The third-order valence-corrected chi connectivity index (χ3v) is 20.0. The highest BCUT2D eigenvalue weighted by Crippen LogP contribution is 2.49. The van der Waals surface area contributed by atoms with Crippen molar-refractivity contribution in [2.24, 2.45) is 0 Å². The third kappa shape index (κ3) is 15.1. The van der Waals surface area contributed by atoms with Gasteiger partial charge in [0.05, 0.1) is 48.1 Å². The van der Waals surface area contributed by atoms with Gasteiger partial charge >= 0.3 is 0 Å². The largest absolute Gasteiger partial charge is 0.508 e. The molecular weight excluding hydrogens is 1250 g/mol. The Hall–Kier alpha value is -5.39. The van der Waals surface area contributed by atoms with Gasteiger partial charge in [-0.25, -0.2) is 0 Å². The lowest BCUT2D eigenvalue weighted by molar-refractivity contribution is -0.433. The number of aliphatic hydroxyl groups excluding tert-OH is 1. The van der Waals surface area contributed by atoms with Crippen LogP contribution in [0.3, 0.4) is 0 Å². The number of aliphatic hydroxyl groups is 1. The van der Waals surface area contributed by atoms with Gasteiger partial charge in [0.25, 0.3) is 0 Å². The van der Waals surface area contributed by atoms with Gasteiger partial charge in [-0.3, -0.25) is 0 Å². The third-order valence-electron chi connectivity index (χ3n) is 19.0. The molecule has 0 radical (unpaired) electrons. The summed E-state index contributed by atoms with van der Waals surface area (Å²) in [6.45, 7) is 19.7. The number of fused-ring (bicyclic) bond motifs is 2. The van der Waals surface area contributed by atoms with E-state index < -0.39 is 25.0 Å². The molecule has 10 atom stereocenters. The fraction of sp³-hybridized carbons (Fsp3) is 0.480. The Bertz CT molecular complexity index is 3480.